The minimum absolute atomic E-state index is 0.375. The average Bonchev–Trinajstić information content (AvgIpc) is 2.62. The number of benzene rings is 1. The molecule has 0 radical (unpaired) electrons. The van der Waals surface area contributed by atoms with Gasteiger partial charge in [0.25, 0.3) is 0 Å². The molecule has 1 heterocycles. The Hall–Kier alpha value is -1.77. The number of H-pyrrole nitrogens is 1. The van der Waals surface area contributed by atoms with Gasteiger partial charge in [-0.25, -0.2) is 0 Å². The zero-order valence-electron chi connectivity index (χ0n) is 8.02. The number of alkyl halides is 3. The number of halogens is 3. The summed E-state index contributed by atoms with van der Waals surface area (Å²) in [5.74, 6) is -0.431. The van der Waals surface area contributed by atoms with E-state index in [1.165, 1.54) is 12.3 Å². The summed E-state index contributed by atoms with van der Waals surface area (Å²) in [5, 5.41) is 6.74. The molecule has 1 aromatic heterocycles. The van der Waals surface area contributed by atoms with Gasteiger partial charge < -0.3 is 4.18 Å². The van der Waals surface area contributed by atoms with Crippen molar-refractivity contribution in [3.63, 3.8) is 0 Å². The summed E-state index contributed by atoms with van der Waals surface area (Å²) in [6, 6.07) is 3.62. The molecule has 17 heavy (non-hydrogen) atoms. The van der Waals surface area contributed by atoms with Crippen LogP contribution in [0.25, 0.3) is 10.9 Å². The van der Waals surface area contributed by atoms with Crippen molar-refractivity contribution in [2.75, 3.05) is 0 Å². The standard InChI is InChI=1S/C8H5F3N2O3S/c9-8(10,11)17(14,15)16-6-2-1-5-4-12-13-7(5)3-6/h1-4H,(H,12,13). The monoisotopic (exact) mass is 266 g/mol. The Balaban J connectivity index is 2.36. The SMILES string of the molecule is O=S(=O)(Oc1ccc2cn[nH]c2c1)C(F)(F)F. The second-order valence-corrected chi connectivity index (χ2v) is 4.64. The van der Waals surface area contributed by atoms with E-state index < -0.39 is 21.4 Å². The minimum Gasteiger partial charge on any atom is -0.376 e. The molecular weight excluding hydrogens is 261 g/mol. The van der Waals surface area contributed by atoms with Crippen LogP contribution >= 0.6 is 0 Å². The van der Waals surface area contributed by atoms with Crippen LogP contribution in [-0.4, -0.2) is 24.1 Å². The molecular formula is C8H5F3N2O3S. The molecule has 0 aliphatic heterocycles. The normalized spacial score (nSPS) is 12.9. The summed E-state index contributed by atoms with van der Waals surface area (Å²) >= 11 is 0. The lowest BCUT2D eigenvalue weighted by Crippen LogP contribution is -2.28. The molecule has 0 aliphatic rings. The van der Waals surface area contributed by atoms with Crippen LogP contribution < -0.4 is 4.18 Å². The van der Waals surface area contributed by atoms with E-state index >= 15 is 0 Å². The largest absolute Gasteiger partial charge is 0.534 e. The fraction of sp³-hybridized carbons (Fsp3) is 0.125. The molecule has 2 rings (SSSR count). The Kier molecular flexibility index (Phi) is 2.49. The van der Waals surface area contributed by atoms with E-state index in [0.29, 0.717) is 10.9 Å². The van der Waals surface area contributed by atoms with E-state index in [-0.39, 0.29) is 0 Å². The molecule has 0 bridgehead atoms. The predicted molar refractivity (Wildman–Crippen MR) is 51.7 cm³/mol. The molecule has 0 spiro atoms. The number of nitrogens with one attached hydrogen (secondary N) is 1. The Morgan fingerprint density at radius 2 is 2.00 bits per heavy atom. The predicted octanol–water partition coefficient (Wildman–Crippen LogP) is 1.79. The van der Waals surface area contributed by atoms with Crippen molar-refractivity contribution in [1.82, 2.24) is 10.2 Å². The molecule has 0 atom stereocenters. The Labute approximate surface area is 93.3 Å². The molecule has 5 nitrogen and oxygen atoms in total. The van der Waals surface area contributed by atoms with E-state index in [2.05, 4.69) is 14.4 Å². The van der Waals surface area contributed by atoms with Crippen LogP contribution in [0.2, 0.25) is 0 Å². The van der Waals surface area contributed by atoms with Crippen molar-refractivity contribution < 1.29 is 25.8 Å². The topological polar surface area (TPSA) is 72.1 Å². The number of rotatable bonds is 2. The van der Waals surface area contributed by atoms with Crippen molar-refractivity contribution in [3.05, 3.63) is 24.4 Å². The van der Waals surface area contributed by atoms with Crippen molar-refractivity contribution in [2.45, 2.75) is 5.51 Å². The first kappa shape index (κ1) is 11.7. The smallest absolute Gasteiger partial charge is 0.376 e. The maximum Gasteiger partial charge on any atom is 0.534 e. The lowest BCUT2D eigenvalue weighted by molar-refractivity contribution is -0.0500. The Morgan fingerprint density at radius 1 is 1.29 bits per heavy atom. The summed E-state index contributed by atoms with van der Waals surface area (Å²) in [4.78, 5) is 0. The minimum atomic E-state index is -5.64. The van der Waals surface area contributed by atoms with E-state index in [1.54, 1.807) is 0 Å². The molecule has 0 saturated heterocycles. The van der Waals surface area contributed by atoms with Crippen LogP contribution in [0, 0.1) is 0 Å². The van der Waals surface area contributed by atoms with Gasteiger partial charge in [0.05, 0.1) is 11.7 Å². The highest BCUT2D eigenvalue weighted by atomic mass is 32.2. The van der Waals surface area contributed by atoms with Crippen molar-refractivity contribution >= 4 is 21.0 Å². The zero-order chi connectivity index (χ0) is 12.7. The lowest BCUT2D eigenvalue weighted by Gasteiger charge is -2.08. The Bertz CT molecular complexity index is 647. The second kappa shape index (κ2) is 3.62. The zero-order valence-corrected chi connectivity index (χ0v) is 8.84. The van der Waals surface area contributed by atoms with Gasteiger partial charge in [0.2, 0.25) is 0 Å². The lowest BCUT2D eigenvalue weighted by atomic mass is 10.2. The van der Waals surface area contributed by atoms with Gasteiger partial charge in [-0.2, -0.15) is 26.7 Å². The average molecular weight is 266 g/mol. The van der Waals surface area contributed by atoms with Crippen LogP contribution in [0.1, 0.15) is 0 Å². The van der Waals surface area contributed by atoms with Crippen LogP contribution in [0.3, 0.4) is 0 Å². The van der Waals surface area contributed by atoms with Crippen LogP contribution in [-0.2, 0) is 10.1 Å². The maximum absolute atomic E-state index is 12.0. The fourth-order valence-corrected chi connectivity index (χ4v) is 1.59. The molecule has 0 saturated carbocycles. The summed E-state index contributed by atoms with van der Waals surface area (Å²) < 4.78 is 61.5. The third-order valence-electron chi connectivity index (χ3n) is 1.90. The number of hydrogen-bond acceptors (Lipinski definition) is 4. The first-order chi connectivity index (χ1) is 7.79. The highest BCUT2D eigenvalue weighted by Crippen LogP contribution is 2.28. The molecule has 9 heteroatoms. The van der Waals surface area contributed by atoms with Gasteiger partial charge in [-0.05, 0) is 12.1 Å². The second-order valence-electron chi connectivity index (χ2n) is 3.10. The van der Waals surface area contributed by atoms with Crippen LogP contribution in [0.4, 0.5) is 13.2 Å². The van der Waals surface area contributed by atoms with Gasteiger partial charge >= 0.3 is 15.6 Å². The quantitative estimate of drug-likeness (QED) is 0.664. The first-order valence-corrected chi connectivity index (χ1v) is 5.64. The number of aromatic nitrogens is 2. The summed E-state index contributed by atoms with van der Waals surface area (Å²) in [6.07, 6.45) is 1.44. The molecule has 0 aliphatic carbocycles. The van der Waals surface area contributed by atoms with E-state index in [9.17, 15) is 21.6 Å². The van der Waals surface area contributed by atoms with Crippen molar-refractivity contribution in [3.8, 4) is 5.75 Å². The van der Waals surface area contributed by atoms with E-state index in [4.69, 9.17) is 0 Å². The molecule has 1 aromatic carbocycles. The molecule has 92 valence electrons. The maximum atomic E-state index is 12.0. The number of fused-ring (bicyclic) bond motifs is 1. The Morgan fingerprint density at radius 3 is 2.65 bits per heavy atom. The third-order valence-corrected chi connectivity index (χ3v) is 2.88. The van der Waals surface area contributed by atoms with Crippen molar-refractivity contribution in [2.24, 2.45) is 0 Å². The van der Waals surface area contributed by atoms with E-state index in [0.717, 1.165) is 12.1 Å². The van der Waals surface area contributed by atoms with E-state index in [1.807, 2.05) is 0 Å². The van der Waals surface area contributed by atoms with Crippen LogP contribution in [0.15, 0.2) is 24.4 Å². The molecule has 2 aromatic rings. The van der Waals surface area contributed by atoms with Crippen LogP contribution in [0.5, 0.6) is 5.75 Å². The molecule has 0 amide bonds. The summed E-state index contributed by atoms with van der Waals surface area (Å²) in [5.41, 5.74) is -5.07. The van der Waals surface area contributed by atoms with Gasteiger partial charge in [0, 0.05) is 11.5 Å². The highest BCUT2D eigenvalue weighted by molar-refractivity contribution is 7.88. The molecule has 0 fully saturated rings. The first-order valence-electron chi connectivity index (χ1n) is 4.23. The molecule has 1 N–H and O–H groups in total. The number of aromatic amines is 1. The van der Waals surface area contributed by atoms with Gasteiger partial charge in [-0.3, -0.25) is 5.10 Å². The fourth-order valence-electron chi connectivity index (χ4n) is 1.14. The van der Waals surface area contributed by atoms with Gasteiger partial charge in [-0.1, -0.05) is 0 Å². The van der Waals surface area contributed by atoms with Gasteiger partial charge in [-0.15, -0.1) is 0 Å². The van der Waals surface area contributed by atoms with Gasteiger partial charge in [0.15, 0.2) is 0 Å². The number of nitrogens with zero attached hydrogens (tertiary/aromatic N) is 1. The highest BCUT2D eigenvalue weighted by Gasteiger charge is 2.48. The van der Waals surface area contributed by atoms with Gasteiger partial charge in [0.1, 0.15) is 5.75 Å². The summed E-state index contributed by atoms with van der Waals surface area (Å²) in [6.45, 7) is 0. The van der Waals surface area contributed by atoms with Crippen molar-refractivity contribution in [1.29, 1.82) is 0 Å². The number of hydrogen-bond donors (Lipinski definition) is 1. The third kappa shape index (κ3) is 2.18. The summed E-state index contributed by atoms with van der Waals surface area (Å²) in [7, 11) is -5.64. The molecule has 0 unspecified atom stereocenters.